The van der Waals surface area contributed by atoms with E-state index in [1.165, 1.54) is 0 Å². The van der Waals surface area contributed by atoms with Gasteiger partial charge in [-0.05, 0) is 0 Å². The molecule has 0 aromatic heterocycles. The zero-order chi connectivity index (χ0) is 7.02. The largest absolute Gasteiger partial charge is 0.345 e. The average Bonchev–Trinajstić information content (AvgIpc) is 1.27. The third-order valence-electron chi connectivity index (χ3n) is 0.255. The van der Waals surface area contributed by atoms with Gasteiger partial charge in [0.2, 0.25) is 0 Å². The van der Waals surface area contributed by atoms with E-state index in [1.807, 2.05) is 0 Å². The first kappa shape index (κ1) is 7.83. The molecule has 0 unspecified atom stereocenters. The highest BCUT2D eigenvalue weighted by atomic mass is 32.4. The van der Waals surface area contributed by atoms with Gasteiger partial charge in [-0.15, -0.1) is 15.5 Å². The van der Waals surface area contributed by atoms with Crippen LogP contribution in [0.4, 0.5) is 19.9 Å². The lowest BCUT2D eigenvalue weighted by Crippen LogP contribution is -1.91. The van der Waals surface area contributed by atoms with Gasteiger partial charge >= 0.3 is 15.6 Å². The highest BCUT2D eigenvalue weighted by Gasteiger charge is 2.36. The van der Waals surface area contributed by atoms with E-state index >= 15 is 0 Å². The Morgan fingerprint density at radius 1 is 1.12 bits per heavy atom. The topological polar surface area (TPSA) is 20.2 Å². The monoisotopic (exact) mass is 156 g/mol. The number of halogens is 5. The van der Waals surface area contributed by atoms with Crippen molar-refractivity contribution < 1.29 is 25.0 Å². The first-order valence-corrected chi connectivity index (χ1v) is 2.88. The minimum atomic E-state index is -8.16. The molecule has 0 aromatic rings. The van der Waals surface area contributed by atoms with Crippen molar-refractivity contribution in [3.63, 3.8) is 0 Å². The van der Waals surface area contributed by atoms with Crippen molar-refractivity contribution in [1.82, 2.24) is 0 Å². The molecule has 0 atom stereocenters. The highest BCUT2D eigenvalue weighted by Crippen LogP contribution is 2.67. The van der Waals surface area contributed by atoms with Gasteiger partial charge in [-0.1, -0.05) is 0 Å². The maximum atomic E-state index is 10.6. The molecule has 0 saturated heterocycles. The normalized spacial score (nSPS) is 17.0. The van der Waals surface area contributed by atoms with Gasteiger partial charge in [0, 0.05) is 0 Å². The first-order valence-electron chi connectivity index (χ1n) is 1.23. The zero-order valence-electron chi connectivity index (χ0n) is 3.25. The molecule has 0 aliphatic heterocycles. The summed E-state index contributed by atoms with van der Waals surface area (Å²) in [4.78, 5) is 0. The SMILES string of the molecule is OC(F)=S(F)(F)(F)F. The molecule has 1 nitrogen and oxygen atoms in total. The summed E-state index contributed by atoms with van der Waals surface area (Å²) < 4.78 is 53.2. The molecule has 0 saturated carbocycles. The van der Waals surface area contributed by atoms with E-state index in [1.54, 1.807) is 0 Å². The Hall–Kier alpha value is -0.170. The lowest BCUT2D eigenvalue weighted by atomic mass is 11.6. The molecule has 1 N–H and O–H groups in total. The summed E-state index contributed by atoms with van der Waals surface area (Å²) in [7, 11) is -8.16. The van der Waals surface area contributed by atoms with Crippen LogP contribution in [0.5, 0.6) is 0 Å². The Kier molecular flexibility index (Phi) is 1.38. The minimum absolute atomic E-state index is 3.58. The van der Waals surface area contributed by atoms with E-state index in [4.69, 9.17) is 5.11 Å². The van der Waals surface area contributed by atoms with Gasteiger partial charge in [-0.25, -0.2) is 0 Å². The smallest absolute Gasteiger partial charge is 0.327 e. The lowest BCUT2D eigenvalue weighted by Gasteiger charge is -2.07. The van der Waals surface area contributed by atoms with Crippen LogP contribution in [0, 0.1) is 0 Å². The molecular formula is CHF5OS. The molecule has 0 heterocycles. The van der Waals surface area contributed by atoms with E-state index in [0.29, 0.717) is 0 Å². The van der Waals surface area contributed by atoms with Crippen LogP contribution in [0.25, 0.3) is 0 Å². The fraction of sp³-hybridized carbons (Fsp3) is 0. The quantitative estimate of drug-likeness (QED) is 0.324. The van der Waals surface area contributed by atoms with Crippen molar-refractivity contribution in [2.24, 2.45) is 0 Å². The Balaban J connectivity index is 4.92. The summed E-state index contributed by atoms with van der Waals surface area (Å²) in [5.74, 6) is 0. The van der Waals surface area contributed by atoms with Gasteiger partial charge in [0.1, 0.15) is 0 Å². The molecule has 0 spiro atoms. The van der Waals surface area contributed by atoms with E-state index in [2.05, 4.69) is 0 Å². The van der Waals surface area contributed by atoms with E-state index in [-0.39, 0.29) is 0 Å². The molecular weight excluding hydrogens is 155 g/mol. The predicted molar refractivity (Wildman–Crippen MR) is 20.8 cm³/mol. The second kappa shape index (κ2) is 1.41. The van der Waals surface area contributed by atoms with Crippen LogP contribution in [-0.2, 0) is 0 Å². The van der Waals surface area contributed by atoms with E-state index in [0.717, 1.165) is 0 Å². The molecule has 0 radical (unpaired) electrons. The number of aliphatic hydroxyl groups excluding tert-OH is 1. The third kappa shape index (κ3) is 2.22. The van der Waals surface area contributed by atoms with Crippen LogP contribution in [0.3, 0.4) is 0 Å². The lowest BCUT2D eigenvalue weighted by molar-refractivity contribution is 0.443. The molecule has 0 amide bonds. The van der Waals surface area contributed by atoms with Crippen molar-refractivity contribution >= 4 is 15.6 Å². The molecule has 52 valence electrons. The van der Waals surface area contributed by atoms with E-state index < -0.39 is 15.6 Å². The van der Waals surface area contributed by atoms with Crippen LogP contribution < -0.4 is 0 Å². The average molecular weight is 156 g/mol. The van der Waals surface area contributed by atoms with Crippen molar-refractivity contribution in [2.45, 2.75) is 0 Å². The van der Waals surface area contributed by atoms with Crippen LogP contribution in [0.15, 0.2) is 0 Å². The molecule has 0 aliphatic carbocycles. The Morgan fingerprint density at radius 2 is 1.25 bits per heavy atom. The van der Waals surface area contributed by atoms with Crippen LogP contribution in [-0.4, -0.2) is 10.4 Å². The molecule has 0 aromatic carbocycles. The standard InChI is InChI=1S/CHF5OS/c2-1(7)8(3,4,5)6/h7H. The maximum absolute atomic E-state index is 10.6. The predicted octanol–water partition coefficient (Wildman–Crippen LogP) is 2.48. The van der Waals surface area contributed by atoms with Gasteiger partial charge < -0.3 is 5.11 Å². The van der Waals surface area contributed by atoms with Gasteiger partial charge in [0.25, 0.3) is 0 Å². The second-order valence-electron chi connectivity index (χ2n) is 0.911. The first-order chi connectivity index (χ1) is 3.20. The third-order valence-corrected chi connectivity index (χ3v) is 0.764. The Bertz CT molecular complexity index is 138. The van der Waals surface area contributed by atoms with Crippen LogP contribution in [0.2, 0.25) is 0 Å². The summed E-state index contributed by atoms with van der Waals surface area (Å²) >= 11 is 0. The molecule has 7 heteroatoms. The van der Waals surface area contributed by atoms with Crippen molar-refractivity contribution in [3.8, 4) is 0 Å². The van der Waals surface area contributed by atoms with Crippen molar-refractivity contribution in [2.75, 3.05) is 0 Å². The number of hydrogen-bond donors (Lipinski definition) is 1. The molecule has 8 heavy (non-hydrogen) atoms. The highest BCUT2D eigenvalue weighted by molar-refractivity contribution is 8.31. The minimum Gasteiger partial charge on any atom is -0.327 e. The second-order valence-corrected chi connectivity index (χ2v) is 2.57. The van der Waals surface area contributed by atoms with Crippen molar-refractivity contribution in [3.05, 3.63) is 0 Å². The number of rotatable bonds is 0. The van der Waals surface area contributed by atoms with Gasteiger partial charge in [-0.3, -0.25) is 0 Å². The summed E-state index contributed by atoms with van der Waals surface area (Å²) in [5.41, 5.74) is 0. The Labute approximate surface area is 41.8 Å². The zero-order valence-corrected chi connectivity index (χ0v) is 4.06. The fourth-order valence-corrected chi connectivity index (χ4v) is 0. The molecule has 0 aliphatic rings. The summed E-state index contributed by atoms with van der Waals surface area (Å²) in [6.45, 7) is 0. The van der Waals surface area contributed by atoms with E-state index in [9.17, 15) is 19.9 Å². The molecule has 0 rings (SSSR count). The molecule has 0 fully saturated rings. The summed E-state index contributed by atoms with van der Waals surface area (Å²) in [6, 6.07) is 0. The van der Waals surface area contributed by atoms with Gasteiger partial charge in [0.05, 0.1) is 0 Å². The van der Waals surface area contributed by atoms with Crippen molar-refractivity contribution in [1.29, 1.82) is 0 Å². The fourth-order valence-electron chi connectivity index (χ4n) is 0. The maximum Gasteiger partial charge on any atom is 0.345 e. The number of aliphatic hydroxyl groups is 1. The summed E-state index contributed by atoms with van der Waals surface area (Å²) in [5, 5.41) is 3.36. The van der Waals surface area contributed by atoms with Gasteiger partial charge in [-0.2, -0.15) is 4.39 Å². The van der Waals surface area contributed by atoms with Gasteiger partial charge in [0.15, 0.2) is 0 Å². The summed E-state index contributed by atoms with van der Waals surface area (Å²) in [6.07, 6.45) is 0. The molecule has 0 bridgehead atoms. The Morgan fingerprint density at radius 3 is 1.25 bits per heavy atom. The van der Waals surface area contributed by atoms with Crippen LogP contribution in [0.1, 0.15) is 0 Å². The van der Waals surface area contributed by atoms with Crippen LogP contribution >= 0.6 is 10.3 Å². The number of hydrogen-bond acceptors (Lipinski definition) is 0.